The van der Waals surface area contributed by atoms with Gasteiger partial charge >= 0.3 is 6.09 Å². The van der Waals surface area contributed by atoms with Crippen LogP contribution in [0.15, 0.2) is 34.7 Å². The van der Waals surface area contributed by atoms with Gasteiger partial charge in [0.2, 0.25) is 11.8 Å². The first-order chi connectivity index (χ1) is 13.1. The summed E-state index contributed by atoms with van der Waals surface area (Å²) in [5.41, 5.74) is -0.384. The summed E-state index contributed by atoms with van der Waals surface area (Å²) in [7, 11) is 0. The quantitative estimate of drug-likeness (QED) is 0.769. The molecule has 1 amide bonds. The third-order valence-corrected chi connectivity index (χ3v) is 5.11. The van der Waals surface area contributed by atoms with Crippen molar-refractivity contribution in [3.8, 4) is 5.75 Å². The zero-order valence-corrected chi connectivity index (χ0v) is 15.5. The van der Waals surface area contributed by atoms with E-state index < -0.39 is 0 Å². The van der Waals surface area contributed by atoms with Gasteiger partial charge in [-0.3, -0.25) is 4.90 Å². The lowest BCUT2D eigenvalue weighted by molar-refractivity contribution is -0.00305. The van der Waals surface area contributed by atoms with E-state index in [1.165, 1.54) is 0 Å². The number of amides is 1. The van der Waals surface area contributed by atoms with E-state index in [0.717, 1.165) is 31.7 Å². The number of nitrogens with zero attached hydrogens (tertiary/aromatic N) is 4. The molecule has 1 spiro atoms. The van der Waals surface area contributed by atoms with Gasteiger partial charge in [-0.05, 0) is 12.1 Å². The van der Waals surface area contributed by atoms with Gasteiger partial charge in [0.15, 0.2) is 0 Å². The second-order valence-electron chi connectivity index (χ2n) is 7.13. The molecule has 0 N–H and O–H groups in total. The highest BCUT2D eigenvalue weighted by Gasteiger charge is 2.46. The monoisotopic (exact) mass is 372 g/mol. The van der Waals surface area contributed by atoms with Gasteiger partial charge in [-0.25, -0.2) is 4.79 Å². The third-order valence-electron chi connectivity index (χ3n) is 5.11. The van der Waals surface area contributed by atoms with Gasteiger partial charge in [0, 0.05) is 32.9 Å². The first kappa shape index (κ1) is 17.8. The van der Waals surface area contributed by atoms with Crippen LogP contribution < -0.4 is 4.74 Å². The van der Waals surface area contributed by atoms with E-state index in [9.17, 15) is 4.79 Å². The Kier molecular flexibility index (Phi) is 4.98. The van der Waals surface area contributed by atoms with Crippen LogP contribution in [-0.2, 0) is 11.3 Å². The van der Waals surface area contributed by atoms with Crippen molar-refractivity contribution in [2.24, 2.45) is 0 Å². The molecular weight excluding hydrogens is 348 g/mol. The van der Waals surface area contributed by atoms with Gasteiger partial charge in [-0.2, -0.15) is 0 Å². The van der Waals surface area contributed by atoms with Gasteiger partial charge in [0.1, 0.15) is 18.0 Å². The molecule has 0 radical (unpaired) electrons. The van der Waals surface area contributed by atoms with Crippen LogP contribution in [0.25, 0.3) is 0 Å². The second-order valence-corrected chi connectivity index (χ2v) is 7.13. The fourth-order valence-electron chi connectivity index (χ4n) is 3.63. The Morgan fingerprint density at radius 2 is 1.96 bits per heavy atom. The number of para-hydroxylation sites is 1. The van der Waals surface area contributed by atoms with Crippen molar-refractivity contribution in [3.05, 3.63) is 42.1 Å². The van der Waals surface area contributed by atoms with Crippen LogP contribution in [0, 0.1) is 6.92 Å². The molecule has 144 valence electrons. The van der Waals surface area contributed by atoms with Crippen molar-refractivity contribution in [2.75, 3.05) is 32.8 Å². The normalized spacial score (nSPS) is 19.4. The summed E-state index contributed by atoms with van der Waals surface area (Å²) in [5.74, 6) is 2.02. The van der Waals surface area contributed by atoms with Crippen molar-refractivity contribution in [1.29, 1.82) is 0 Å². The summed E-state index contributed by atoms with van der Waals surface area (Å²) in [6, 6.07) is 9.62. The average molecular weight is 372 g/mol. The molecule has 0 atom stereocenters. The zero-order chi connectivity index (χ0) is 18.7. The highest BCUT2D eigenvalue weighted by molar-refractivity contribution is 5.70. The van der Waals surface area contributed by atoms with Gasteiger partial charge in [-0.15, -0.1) is 10.2 Å². The number of ether oxygens (including phenoxy) is 2. The molecule has 8 heteroatoms. The minimum absolute atomic E-state index is 0.243. The summed E-state index contributed by atoms with van der Waals surface area (Å²) < 4.78 is 16.9. The van der Waals surface area contributed by atoms with Crippen LogP contribution in [0.1, 0.15) is 24.6 Å². The molecule has 0 saturated carbocycles. The first-order valence-electron chi connectivity index (χ1n) is 9.29. The third kappa shape index (κ3) is 4.21. The smallest absolute Gasteiger partial charge is 0.410 e. The van der Waals surface area contributed by atoms with Crippen molar-refractivity contribution < 1.29 is 18.7 Å². The standard InChI is InChI=1S/C19H24N4O4/c1-15-20-21-17(26-15)13-22-9-7-19(8-10-22)14-23(18(24)27-19)11-12-25-16-5-3-2-4-6-16/h2-6H,7-14H2,1H3. The summed E-state index contributed by atoms with van der Waals surface area (Å²) in [6.45, 7) is 5.71. The summed E-state index contributed by atoms with van der Waals surface area (Å²) in [6.07, 6.45) is 1.37. The number of likely N-dealkylation sites (tertiary alicyclic amines) is 1. The van der Waals surface area contributed by atoms with Crippen LogP contribution in [-0.4, -0.2) is 64.5 Å². The molecular formula is C19H24N4O4. The Bertz CT molecular complexity index is 771. The van der Waals surface area contributed by atoms with Crippen molar-refractivity contribution in [2.45, 2.75) is 31.9 Å². The lowest BCUT2D eigenvalue weighted by atomic mass is 9.91. The molecule has 2 saturated heterocycles. The Morgan fingerprint density at radius 1 is 1.19 bits per heavy atom. The maximum absolute atomic E-state index is 12.3. The lowest BCUT2D eigenvalue weighted by Crippen LogP contribution is -2.46. The van der Waals surface area contributed by atoms with E-state index in [-0.39, 0.29) is 11.7 Å². The van der Waals surface area contributed by atoms with E-state index in [0.29, 0.717) is 38.0 Å². The predicted molar refractivity (Wildman–Crippen MR) is 96.3 cm³/mol. The minimum Gasteiger partial charge on any atom is -0.492 e. The van der Waals surface area contributed by atoms with Crippen LogP contribution in [0.4, 0.5) is 4.79 Å². The molecule has 1 aromatic heterocycles. The minimum atomic E-state index is -0.384. The molecule has 4 rings (SSSR count). The number of piperidine rings is 1. The average Bonchev–Trinajstić information content (AvgIpc) is 3.21. The van der Waals surface area contributed by atoms with Crippen LogP contribution in [0.2, 0.25) is 0 Å². The van der Waals surface area contributed by atoms with Crippen molar-refractivity contribution >= 4 is 6.09 Å². The first-order valence-corrected chi connectivity index (χ1v) is 9.29. The highest BCUT2D eigenvalue weighted by Crippen LogP contribution is 2.33. The molecule has 0 aliphatic carbocycles. The van der Waals surface area contributed by atoms with Crippen LogP contribution in [0.3, 0.4) is 0 Å². The SMILES string of the molecule is Cc1nnc(CN2CCC3(CC2)CN(CCOc2ccccc2)C(=O)O3)o1. The lowest BCUT2D eigenvalue weighted by Gasteiger charge is -2.36. The Balaban J connectivity index is 1.25. The van der Waals surface area contributed by atoms with Gasteiger partial charge in [0.05, 0.1) is 19.6 Å². The summed E-state index contributed by atoms with van der Waals surface area (Å²) in [4.78, 5) is 16.3. The summed E-state index contributed by atoms with van der Waals surface area (Å²) in [5, 5.41) is 7.91. The molecule has 8 nitrogen and oxygen atoms in total. The zero-order valence-electron chi connectivity index (χ0n) is 15.5. The molecule has 0 bridgehead atoms. The van der Waals surface area contributed by atoms with E-state index in [1.54, 1.807) is 11.8 Å². The number of carbonyl (C=O) groups is 1. The Morgan fingerprint density at radius 3 is 2.67 bits per heavy atom. The maximum Gasteiger partial charge on any atom is 0.410 e. The van der Waals surface area contributed by atoms with Crippen LogP contribution in [0.5, 0.6) is 5.75 Å². The number of hydrogen-bond acceptors (Lipinski definition) is 7. The number of hydrogen-bond donors (Lipinski definition) is 0. The summed E-state index contributed by atoms with van der Waals surface area (Å²) >= 11 is 0. The van der Waals surface area contributed by atoms with E-state index in [1.807, 2.05) is 30.3 Å². The molecule has 2 aliphatic rings. The van der Waals surface area contributed by atoms with Crippen molar-refractivity contribution in [3.63, 3.8) is 0 Å². The molecule has 2 aliphatic heterocycles. The number of carbonyl (C=O) groups excluding carboxylic acids is 1. The fraction of sp³-hybridized carbons (Fsp3) is 0.526. The van der Waals surface area contributed by atoms with Gasteiger partial charge in [0.25, 0.3) is 0 Å². The largest absolute Gasteiger partial charge is 0.492 e. The molecule has 2 fully saturated rings. The fourth-order valence-corrected chi connectivity index (χ4v) is 3.63. The van der Waals surface area contributed by atoms with E-state index >= 15 is 0 Å². The Hall–Kier alpha value is -2.61. The predicted octanol–water partition coefficient (Wildman–Crippen LogP) is 2.24. The van der Waals surface area contributed by atoms with E-state index in [2.05, 4.69) is 15.1 Å². The molecule has 2 aromatic rings. The van der Waals surface area contributed by atoms with Gasteiger partial charge < -0.3 is 18.8 Å². The number of rotatable bonds is 6. The topological polar surface area (TPSA) is 80.9 Å². The van der Waals surface area contributed by atoms with Crippen molar-refractivity contribution in [1.82, 2.24) is 20.0 Å². The second kappa shape index (κ2) is 7.56. The number of benzene rings is 1. The molecule has 1 aromatic carbocycles. The highest BCUT2D eigenvalue weighted by atomic mass is 16.6. The number of aromatic nitrogens is 2. The van der Waals surface area contributed by atoms with Crippen LogP contribution >= 0.6 is 0 Å². The van der Waals surface area contributed by atoms with Gasteiger partial charge in [-0.1, -0.05) is 18.2 Å². The number of aryl methyl sites for hydroxylation is 1. The Labute approximate surface area is 158 Å². The molecule has 27 heavy (non-hydrogen) atoms. The molecule has 3 heterocycles. The van der Waals surface area contributed by atoms with E-state index in [4.69, 9.17) is 13.9 Å². The maximum atomic E-state index is 12.3. The molecule has 0 unspecified atom stereocenters.